The molecule has 1 amide bonds. The molecule has 0 fully saturated rings. The van der Waals surface area contributed by atoms with Crippen LogP contribution < -0.4 is 10.1 Å². The zero-order chi connectivity index (χ0) is 18.6. The highest BCUT2D eigenvalue weighted by Crippen LogP contribution is 2.26. The molecule has 26 heavy (non-hydrogen) atoms. The zero-order valence-corrected chi connectivity index (χ0v) is 16.2. The predicted octanol–water partition coefficient (Wildman–Crippen LogP) is 5.54. The first kappa shape index (κ1) is 18.5. The Balaban J connectivity index is 1.68. The molecule has 0 saturated heterocycles. The lowest BCUT2D eigenvalue weighted by molar-refractivity contribution is -0.134. The van der Waals surface area contributed by atoms with Gasteiger partial charge in [-0.05, 0) is 71.6 Å². The molecule has 0 aliphatic carbocycles. The van der Waals surface area contributed by atoms with Crippen LogP contribution in [0, 0.1) is 0 Å². The molecule has 0 atom stereocenters. The number of amides is 1. The van der Waals surface area contributed by atoms with Gasteiger partial charge in [0.05, 0.1) is 0 Å². The average molecular weight is 386 g/mol. The Labute approximate surface area is 162 Å². The molecule has 0 aliphatic heterocycles. The summed E-state index contributed by atoms with van der Waals surface area (Å²) < 4.78 is 5.84. The standard InChI is InChI=1S/C21H20ClNO2S/c1-21(2,25-18-9-7-17(22)8-10-18)20(24)23-13-15-5-3-4-6-19(15)16-11-12-26-14-16/h3-12,14H,13H2,1-2H3,(H,23,24). The van der Waals surface area contributed by atoms with Crippen LogP contribution in [0.5, 0.6) is 5.75 Å². The molecule has 3 nitrogen and oxygen atoms in total. The fourth-order valence-electron chi connectivity index (χ4n) is 2.61. The number of benzene rings is 2. The first-order valence-corrected chi connectivity index (χ1v) is 9.61. The van der Waals surface area contributed by atoms with E-state index >= 15 is 0 Å². The third kappa shape index (κ3) is 4.45. The van der Waals surface area contributed by atoms with Gasteiger partial charge in [-0.3, -0.25) is 4.79 Å². The van der Waals surface area contributed by atoms with Crippen molar-refractivity contribution in [2.75, 3.05) is 0 Å². The van der Waals surface area contributed by atoms with E-state index in [-0.39, 0.29) is 5.91 Å². The smallest absolute Gasteiger partial charge is 0.263 e. The molecule has 3 rings (SSSR count). The molecule has 2 aromatic carbocycles. The monoisotopic (exact) mass is 385 g/mol. The summed E-state index contributed by atoms with van der Waals surface area (Å²) in [6.07, 6.45) is 0. The molecule has 1 N–H and O–H groups in total. The molecule has 0 radical (unpaired) electrons. The van der Waals surface area contributed by atoms with Crippen LogP contribution in [-0.4, -0.2) is 11.5 Å². The predicted molar refractivity (Wildman–Crippen MR) is 108 cm³/mol. The summed E-state index contributed by atoms with van der Waals surface area (Å²) in [4.78, 5) is 12.6. The summed E-state index contributed by atoms with van der Waals surface area (Å²) in [7, 11) is 0. The molecule has 0 aliphatic rings. The molecule has 0 spiro atoms. The Morgan fingerprint density at radius 1 is 1.12 bits per heavy atom. The van der Waals surface area contributed by atoms with Gasteiger partial charge < -0.3 is 10.1 Å². The van der Waals surface area contributed by atoms with Crippen molar-refractivity contribution in [2.45, 2.75) is 26.0 Å². The summed E-state index contributed by atoms with van der Waals surface area (Å²) >= 11 is 7.54. The molecule has 1 heterocycles. The van der Waals surface area contributed by atoms with E-state index in [1.54, 1.807) is 49.4 Å². The van der Waals surface area contributed by atoms with Crippen molar-refractivity contribution in [3.8, 4) is 16.9 Å². The summed E-state index contributed by atoms with van der Waals surface area (Å²) in [5.41, 5.74) is 2.37. The molecular formula is C21H20ClNO2S. The molecule has 134 valence electrons. The first-order chi connectivity index (χ1) is 12.5. The number of carbonyl (C=O) groups excluding carboxylic acids is 1. The van der Waals surface area contributed by atoms with Crippen LogP contribution in [0.1, 0.15) is 19.4 Å². The third-order valence-corrected chi connectivity index (χ3v) is 4.96. The van der Waals surface area contributed by atoms with Crippen molar-refractivity contribution in [2.24, 2.45) is 0 Å². The Morgan fingerprint density at radius 2 is 1.85 bits per heavy atom. The quantitative estimate of drug-likeness (QED) is 0.604. The van der Waals surface area contributed by atoms with Gasteiger partial charge in [0.1, 0.15) is 5.75 Å². The molecule has 0 bridgehead atoms. The lowest BCUT2D eigenvalue weighted by Gasteiger charge is -2.25. The van der Waals surface area contributed by atoms with E-state index in [2.05, 4.69) is 22.8 Å². The largest absolute Gasteiger partial charge is 0.478 e. The number of hydrogen-bond donors (Lipinski definition) is 1. The minimum Gasteiger partial charge on any atom is -0.478 e. The van der Waals surface area contributed by atoms with Crippen molar-refractivity contribution in [1.82, 2.24) is 5.32 Å². The molecule has 3 aromatic rings. The van der Waals surface area contributed by atoms with E-state index in [0.29, 0.717) is 17.3 Å². The molecule has 1 aromatic heterocycles. The Kier molecular flexibility index (Phi) is 5.64. The second kappa shape index (κ2) is 7.94. The second-order valence-corrected chi connectivity index (χ2v) is 7.63. The van der Waals surface area contributed by atoms with E-state index in [0.717, 1.165) is 16.7 Å². The van der Waals surface area contributed by atoms with Gasteiger partial charge in [-0.2, -0.15) is 11.3 Å². The summed E-state index contributed by atoms with van der Waals surface area (Å²) in [5, 5.41) is 7.77. The topological polar surface area (TPSA) is 38.3 Å². The summed E-state index contributed by atoms with van der Waals surface area (Å²) in [6.45, 7) is 3.95. The Bertz CT molecular complexity index is 873. The lowest BCUT2D eigenvalue weighted by atomic mass is 10.0. The van der Waals surface area contributed by atoms with Crippen LogP contribution >= 0.6 is 22.9 Å². The van der Waals surface area contributed by atoms with Crippen molar-refractivity contribution in [3.05, 3.63) is 75.9 Å². The van der Waals surface area contributed by atoms with E-state index in [1.807, 2.05) is 23.6 Å². The summed E-state index contributed by atoms with van der Waals surface area (Å²) in [5.74, 6) is 0.431. The van der Waals surface area contributed by atoms with Crippen molar-refractivity contribution >= 4 is 28.8 Å². The van der Waals surface area contributed by atoms with Crippen LogP contribution in [0.3, 0.4) is 0 Å². The minimum atomic E-state index is -0.995. The first-order valence-electron chi connectivity index (χ1n) is 8.29. The Hall–Kier alpha value is -2.30. The van der Waals surface area contributed by atoms with Crippen LogP contribution in [0.4, 0.5) is 0 Å². The maximum atomic E-state index is 12.6. The Morgan fingerprint density at radius 3 is 2.54 bits per heavy atom. The number of ether oxygens (including phenoxy) is 1. The highest BCUT2D eigenvalue weighted by Gasteiger charge is 2.29. The maximum absolute atomic E-state index is 12.6. The number of hydrogen-bond acceptors (Lipinski definition) is 3. The highest BCUT2D eigenvalue weighted by molar-refractivity contribution is 7.08. The summed E-state index contributed by atoms with van der Waals surface area (Å²) in [6, 6.07) is 17.1. The average Bonchev–Trinajstić information content (AvgIpc) is 3.16. The van der Waals surface area contributed by atoms with Crippen molar-refractivity contribution < 1.29 is 9.53 Å². The molecule has 0 unspecified atom stereocenters. The van der Waals surface area contributed by atoms with Gasteiger partial charge in [0.2, 0.25) is 0 Å². The van der Waals surface area contributed by atoms with E-state index in [9.17, 15) is 4.79 Å². The van der Waals surface area contributed by atoms with Crippen molar-refractivity contribution in [3.63, 3.8) is 0 Å². The van der Waals surface area contributed by atoms with Gasteiger partial charge in [-0.15, -0.1) is 0 Å². The van der Waals surface area contributed by atoms with Crippen LogP contribution in [0.25, 0.3) is 11.1 Å². The number of carbonyl (C=O) groups is 1. The highest BCUT2D eigenvalue weighted by atomic mass is 35.5. The van der Waals surface area contributed by atoms with Gasteiger partial charge in [0.15, 0.2) is 5.60 Å². The third-order valence-electron chi connectivity index (χ3n) is 4.02. The van der Waals surface area contributed by atoms with Gasteiger partial charge in [-0.1, -0.05) is 35.9 Å². The maximum Gasteiger partial charge on any atom is 0.263 e. The van der Waals surface area contributed by atoms with Crippen LogP contribution in [0.2, 0.25) is 5.02 Å². The number of rotatable bonds is 6. The van der Waals surface area contributed by atoms with Crippen LogP contribution in [-0.2, 0) is 11.3 Å². The van der Waals surface area contributed by atoms with Gasteiger partial charge in [-0.25, -0.2) is 0 Å². The number of nitrogens with one attached hydrogen (secondary N) is 1. The normalized spacial score (nSPS) is 11.2. The van der Waals surface area contributed by atoms with E-state index < -0.39 is 5.60 Å². The molecular weight excluding hydrogens is 366 g/mol. The van der Waals surface area contributed by atoms with Gasteiger partial charge in [0.25, 0.3) is 5.91 Å². The zero-order valence-electron chi connectivity index (χ0n) is 14.7. The van der Waals surface area contributed by atoms with Crippen molar-refractivity contribution in [1.29, 1.82) is 0 Å². The number of halogens is 1. The lowest BCUT2D eigenvalue weighted by Crippen LogP contribution is -2.46. The van der Waals surface area contributed by atoms with Crippen LogP contribution in [0.15, 0.2) is 65.4 Å². The second-order valence-electron chi connectivity index (χ2n) is 6.42. The molecule has 0 saturated carbocycles. The fraction of sp³-hybridized carbons (Fsp3) is 0.190. The van der Waals surface area contributed by atoms with E-state index in [1.165, 1.54) is 0 Å². The minimum absolute atomic E-state index is 0.174. The van der Waals surface area contributed by atoms with Gasteiger partial charge in [0, 0.05) is 11.6 Å². The number of thiophene rings is 1. The SMILES string of the molecule is CC(C)(Oc1ccc(Cl)cc1)C(=O)NCc1ccccc1-c1ccsc1. The fourth-order valence-corrected chi connectivity index (χ4v) is 3.39. The van der Waals surface area contributed by atoms with E-state index in [4.69, 9.17) is 16.3 Å². The molecule has 5 heteroatoms. The van der Waals surface area contributed by atoms with Gasteiger partial charge >= 0.3 is 0 Å².